The Morgan fingerprint density at radius 3 is 2.77 bits per heavy atom. The van der Waals surface area contributed by atoms with Gasteiger partial charge in [-0.2, -0.15) is 0 Å². The highest BCUT2D eigenvalue weighted by atomic mass is 35.5. The van der Waals surface area contributed by atoms with Gasteiger partial charge >= 0.3 is 0 Å². The van der Waals surface area contributed by atoms with Crippen molar-refractivity contribution in [2.45, 2.75) is 62.9 Å². The molecule has 1 saturated carbocycles. The minimum absolute atomic E-state index is 0.188. The Balaban J connectivity index is 1.82. The molecule has 120 valence electrons. The molecule has 1 aromatic rings. The van der Waals surface area contributed by atoms with Gasteiger partial charge in [-0.3, -0.25) is 4.79 Å². The lowest BCUT2D eigenvalue weighted by atomic mass is 9.77. The molecule has 2 fully saturated rings. The van der Waals surface area contributed by atoms with Crippen molar-refractivity contribution in [2.75, 3.05) is 6.54 Å². The van der Waals surface area contributed by atoms with Crippen molar-refractivity contribution in [1.82, 2.24) is 10.6 Å². The van der Waals surface area contributed by atoms with Gasteiger partial charge in [-0.25, -0.2) is 0 Å². The minimum atomic E-state index is -0.387. The van der Waals surface area contributed by atoms with E-state index in [1.165, 1.54) is 0 Å². The highest BCUT2D eigenvalue weighted by Gasteiger charge is 2.43. The number of hydrogen-bond acceptors (Lipinski definition) is 2. The molecule has 2 aliphatic rings. The Hall–Kier alpha value is -1.06. The van der Waals surface area contributed by atoms with E-state index in [1.807, 2.05) is 18.2 Å². The fourth-order valence-corrected chi connectivity index (χ4v) is 4.15. The van der Waals surface area contributed by atoms with Gasteiger partial charge in [0.2, 0.25) is 5.91 Å². The molecule has 2 atom stereocenters. The zero-order valence-corrected chi connectivity index (χ0v) is 14.0. The molecule has 1 aliphatic carbocycles. The Morgan fingerprint density at radius 2 is 2.09 bits per heavy atom. The van der Waals surface area contributed by atoms with Crippen LogP contribution in [0.1, 0.15) is 51.0 Å². The summed E-state index contributed by atoms with van der Waals surface area (Å²) in [6.45, 7) is 3.21. The second-order valence-corrected chi connectivity index (χ2v) is 7.20. The van der Waals surface area contributed by atoms with Crippen LogP contribution in [0.25, 0.3) is 0 Å². The average molecular weight is 321 g/mol. The Bertz CT molecular complexity index is 540. The summed E-state index contributed by atoms with van der Waals surface area (Å²) in [6.07, 6.45) is 6.25. The molecular formula is C18H25ClN2O. The topological polar surface area (TPSA) is 41.1 Å². The molecule has 1 heterocycles. The van der Waals surface area contributed by atoms with Crippen LogP contribution >= 0.6 is 11.6 Å². The molecule has 4 heteroatoms. The van der Waals surface area contributed by atoms with Crippen LogP contribution < -0.4 is 10.6 Å². The third kappa shape index (κ3) is 3.02. The average Bonchev–Trinajstić information content (AvgIpc) is 3.00. The predicted octanol–water partition coefficient (Wildman–Crippen LogP) is 3.41. The van der Waals surface area contributed by atoms with Gasteiger partial charge in [-0.05, 0) is 56.8 Å². The van der Waals surface area contributed by atoms with E-state index in [1.54, 1.807) is 0 Å². The number of hydrogen-bond donors (Lipinski definition) is 2. The molecule has 0 bridgehead atoms. The largest absolute Gasteiger partial charge is 0.351 e. The first-order chi connectivity index (χ1) is 10.6. The lowest BCUT2D eigenvalue weighted by molar-refractivity contribution is -0.127. The van der Waals surface area contributed by atoms with Crippen molar-refractivity contribution in [2.24, 2.45) is 0 Å². The van der Waals surface area contributed by atoms with Gasteiger partial charge in [0.1, 0.15) is 0 Å². The van der Waals surface area contributed by atoms with Crippen LogP contribution in [0.2, 0.25) is 5.02 Å². The molecule has 3 nitrogen and oxygen atoms in total. The van der Waals surface area contributed by atoms with Crippen molar-refractivity contribution >= 4 is 17.5 Å². The summed E-state index contributed by atoms with van der Waals surface area (Å²) in [5.74, 6) is 0.188. The maximum atomic E-state index is 13.1. The molecule has 0 aromatic heterocycles. The van der Waals surface area contributed by atoms with E-state index in [4.69, 9.17) is 11.6 Å². The Kier molecular flexibility index (Phi) is 4.74. The Labute approximate surface area is 137 Å². The molecule has 22 heavy (non-hydrogen) atoms. The van der Waals surface area contributed by atoms with Gasteiger partial charge < -0.3 is 10.6 Å². The fraction of sp³-hybridized carbons (Fsp3) is 0.611. The highest BCUT2D eigenvalue weighted by molar-refractivity contribution is 6.30. The number of nitrogens with one attached hydrogen (secondary N) is 2. The molecule has 1 aromatic carbocycles. The van der Waals surface area contributed by atoms with Gasteiger partial charge in [0.15, 0.2) is 0 Å². The van der Waals surface area contributed by atoms with E-state index in [2.05, 4.69) is 23.6 Å². The number of rotatable bonds is 3. The van der Waals surface area contributed by atoms with Crippen molar-refractivity contribution in [1.29, 1.82) is 0 Å². The number of carbonyl (C=O) groups is 1. The predicted molar refractivity (Wildman–Crippen MR) is 90.2 cm³/mol. The Morgan fingerprint density at radius 1 is 1.32 bits per heavy atom. The normalized spacial score (nSPS) is 27.5. The monoisotopic (exact) mass is 320 g/mol. The van der Waals surface area contributed by atoms with E-state index >= 15 is 0 Å². The van der Waals surface area contributed by atoms with Crippen molar-refractivity contribution < 1.29 is 4.79 Å². The maximum absolute atomic E-state index is 13.1. The van der Waals surface area contributed by atoms with E-state index in [0.717, 1.165) is 50.6 Å². The number of amides is 1. The van der Waals surface area contributed by atoms with Crippen LogP contribution in [0, 0.1) is 0 Å². The summed E-state index contributed by atoms with van der Waals surface area (Å²) in [7, 11) is 0. The summed E-state index contributed by atoms with van der Waals surface area (Å²) >= 11 is 6.16. The lowest BCUT2D eigenvalue weighted by Gasteiger charge is -2.35. The van der Waals surface area contributed by atoms with E-state index in [9.17, 15) is 4.79 Å². The maximum Gasteiger partial charge on any atom is 0.230 e. The summed E-state index contributed by atoms with van der Waals surface area (Å²) in [4.78, 5) is 13.1. The van der Waals surface area contributed by atoms with Crippen molar-refractivity contribution in [3.63, 3.8) is 0 Å². The molecule has 0 radical (unpaired) electrons. The minimum Gasteiger partial charge on any atom is -0.351 e. The molecular weight excluding hydrogens is 296 g/mol. The first kappa shape index (κ1) is 15.8. The quantitative estimate of drug-likeness (QED) is 0.896. The van der Waals surface area contributed by atoms with Crippen molar-refractivity contribution in [3.05, 3.63) is 34.9 Å². The van der Waals surface area contributed by atoms with Gasteiger partial charge in [-0.1, -0.05) is 36.6 Å². The third-order valence-corrected chi connectivity index (χ3v) is 5.58. The summed E-state index contributed by atoms with van der Waals surface area (Å²) in [5.41, 5.74) is 0.689. The molecule has 1 saturated heterocycles. The van der Waals surface area contributed by atoms with Crippen LogP contribution in [0.5, 0.6) is 0 Å². The lowest BCUT2D eigenvalue weighted by Crippen LogP contribution is -2.55. The van der Waals surface area contributed by atoms with Gasteiger partial charge in [-0.15, -0.1) is 0 Å². The van der Waals surface area contributed by atoms with Crippen LogP contribution in [0.3, 0.4) is 0 Å². The van der Waals surface area contributed by atoms with Gasteiger partial charge in [0.25, 0.3) is 0 Å². The van der Waals surface area contributed by atoms with Crippen molar-refractivity contribution in [3.8, 4) is 0 Å². The SMILES string of the molecule is CC1NCCCC1NC(=O)C1(c2cccc(Cl)c2)CCCC1. The van der Waals surface area contributed by atoms with Gasteiger partial charge in [0.05, 0.1) is 5.41 Å². The standard InChI is InChI=1S/C18H25ClN2O/c1-13-16(8-5-11-20-13)21-17(22)18(9-2-3-10-18)14-6-4-7-15(19)12-14/h4,6-7,12-13,16,20H,2-3,5,8-11H2,1H3,(H,21,22). The second kappa shape index (κ2) is 6.59. The smallest absolute Gasteiger partial charge is 0.230 e. The zero-order valence-electron chi connectivity index (χ0n) is 13.2. The van der Waals surface area contributed by atoms with E-state index in [-0.39, 0.29) is 17.4 Å². The summed E-state index contributed by atoms with van der Waals surface area (Å²) < 4.78 is 0. The first-order valence-electron chi connectivity index (χ1n) is 8.42. The second-order valence-electron chi connectivity index (χ2n) is 6.76. The highest BCUT2D eigenvalue weighted by Crippen LogP contribution is 2.42. The van der Waals surface area contributed by atoms with Crippen LogP contribution in [0.4, 0.5) is 0 Å². The molecule has 3 rings (SSSR count). The number of benzene rings is 1. The zero-order chi connectivity index (χ0) is 15.6. The summed E-state index contributed by atoms with van der Waals surface area (Å²) in [5, 5.41) is 7.49. The molecule has 2 N–H and O–H groups in total. The van der Waals surface area contributed by atoms with Gasteiger partial charge in [0, 0.05) is 17.1 Å². The van der Waals surface area contributed by atoms with E-state index in [0.29, 0.717) is 11.1 Å². The fourth-order valence-electron chi connectivity index (χ4n) is 3.96. The number of carbonyl (C=O) groups excluding carboxylic acids is 1. The molecule has 2 unspecified atom stereocenters. The molecule has 1 amide bonds. The van der Waals surface area contributed by atoms with Crippen LogP contribution in [0.15, 0.2) is 24.3 Å². The molecule has 0 spiro atoms. The summed E-state index contributed by atoms with van der Waals surface area (Å²) in [6, 6.07) is 8.43. The van der Waals surface area contributed by atoms with Crippen LogP contribution in [-0.4, -0.2) is 24.5 Å². The van der Waals surface area contributed by atoms with E-state index < -0.39 is 0 Å². The molecule has 1 aliphatic heterocycles. The van der Waals surface area contributed by atoms with Crippen LogP contribution in [-0.2, 0) is 10.2 Å². The first-order valence-corrected chi connectivity index (χ1v) is 8.80. The number of halogens is 1. The third-order valence-electron chi connectivity index (χ3n) is 5.35. The number of piperidine rings is 1.